The second-order valence-corrected chi connectivity index (χ2v) is 8.11. The molecule has 3 aromatic rings. The lowest BCUT2D eigenvalue weighted by Crippen LogP contribution is -2.20. The van der Waals surface area contributed by atoms with Crippen molar-refractivity contribution in [2.75, 3.05) is 0 Å². The van der Waals surface area contributed by atoms with Crippen LogP contribution in [0.25, 0.3) is 20.7 Å². The second-order valence-electron chi connectivity index (χ2n) is 4.90. The van der Waals surface area contributed by atoms with Gasteiger partial charge in [-0.1, -0.05) is 31.7 Å². The van der Waals surface area contributed by atoms with Gasteiger partial charge >= 0.3 is 0 Å². The van der Waals surface area contributed by atoms with Crippen LogP contribution in [-0.4, -0.2) is 14.8 Å². The largest absolute Gasteiger partial charge is 0.290 e. The van der Waals surface area contributed by atoms with Crippen LogP contribution in [0.1, 0.15) is 20.3 Å². The van der Waals surface area contributed by atoms with Crippen molar-refractivity contribution in [1.29, 1.82) is 0 Å². The summed E-state index contributed by atoms with van der Waals surface area (Å²) in [6.07, 6.45) is 1.06. The van der Waals surface area contributed by atoms with E-state index in [0.717, 1.165) is 32.2 Å². The van der Waals surface area contributed by atoms with Crippen LogP contribution < -0.4 is 5.56 Å². The van der Waals surface area contributed by atoms with E-state index < -0.39 is 0 Å². The molecule has 0 spiro atoms. The SMILES string of the molecule is CCC(C)Sc1nc2scc(-c3cccs3)c2c(=O)n1C. The molecule has 3 rings (SSSR count). The summed E-state index contributed by atoms with van der Waals surface area (Å²) in [5.41, 5.74) is 1.06. The number of nitrogens with zero attached hydrogens (tertiary/aromatic N) is 2. The minimum Gasteiger partial charge on any atom is -0.290 e. The Morgan fingerprint density at radius 2 is 2.24 bits per heavy atom. The van der Waals surface area contributed by atoms with Gasteiger partial charge in [0.05, 0.1) is 5.39 Å². The summed E-state index contributed by atoms with van der Waals surface area (Å²) in [6, 6.07) is 4.06. The summed E-state index contributed by atoms with van der Waals surface area (Å²) < 4.78 is 1.68. The highest BCUT2D eigenvalue weighted by Crippen LogP contribution is 2.34. The average molecular weight is 337 g/mol. The van der Waals surface area contributed by atoms with Crippen LogP contribution >= 0.6 is 34.4 Å². The molecule has 0 amide bonds. The van der Waals surface area contributed by atoms with E-state index in [0.29, 0.717) is 5.25 Å². The Balaban J connectivity index is 2.18. The van der Waals surface area contributed by atoms with Gasteiger partial charge < -0.3 is 0 Å². The van der Waals surface area contributed by atoms with E-state index in [-0.39, 0.29) is 5.56 Å². The van der Waals surface area contributed by atoms with Crippen molar-refractivity contribution in [1.82, 2.24) is 9.55 Å². The van der Waals surface area contributed by atoms with Gasteiger partial charge in [0.15, 0.2) is 5.16 Å². The molecular formula is C15H16N2OS3. The maximum absolute atomic E-state index is 12.7. The zero-order valence-corrected chi connectivity index (χ0v) is 14.6. The number of thioether (sulfide) groups is 1. The molecule has 0 saturated carbocycles. The first-order valence-corrected chi connectivity index (χ1v) is 9.44. The first-order valence-electron chi connectivity index (χ1n) is 6.80. The smallest absolute Gasteiger partial charge is 0.263 e. The zero-order chi connectivity index (χ0) is 15.0. The fourth-order valence-electron chi connectivity index (χ4n) is 2.03. The molecule has 3 heterocycles. The highest BCUT2D eigenvalue weighted by atomic mass is 32.2. The van der Waals surface area contributed by atoms with Crippen molar-refractivity contribution in [3.05, 3.63) is 33.2 Å². The molecule has 0 saturated heterocycles. The number of hydrogen-bond acceptors (Lipinski definition) is 5. The standard InChI is InChI=1S/C15H16N2OS3/c1-4-9(2)21-15-16-13-12(14(18)17(15)3)10(8-20-13)11-6-5-7-19-11/h5-9H,4H2,1-3H3. The van der Waals surface area contributed by atoms with Crippen LogP contribution in [0.2, 0.25) is 0 Å². The Hall–Kier alpha value is -1.11. The van der Waals surface area contributed by atoms with Crippen LogP contribution in [0, 0.1) is 0 Å². The zero-order valence-electron chi connectivity index (χ0n) is 12.1. The summed E-state index contributed by atoms with van der Waals surface area (Å²) in [7, 11) is 1.81. The molecule has 1 atom stereocenters. The highest BCUT2D eigenvalue weighted by Gasteiger charge is 2.17. The van der Waals surface area contributed by atoms with E-state index >= 15 is 0 Å². The molecular weight excluding hydrogens is 320 g/mol. The number of rotatable bonds is 4. The van der Waals surface area contributed by atoms with Crippen molar-refractivity contribution in [3.63, 3.8) is 0 Å². The van der Waals surface area contributed by atoms with Gasteiger partial charge in [-0.25, -0.2) is 4.98 Å². The number of aromatic nitrogens is 2. The molecule has 1 unspecified atom stereocenters. The Morgan fingerprint density at radius 1 is 1.43 bits per heavy atom. The summed E-state index contributed by atoms with van der Waals surface area (Å²) >= 11 is 4.87. The van der Waals surface area contributed by atoms with Gasteiger partial charge in [-0.3, -0.25) is 9.36 Å². The number of fused-ring (bicyclic) bond motifs is 1. The molecule has 0 bridgehead atoms. The summed E-state index contributed by atoms with van der Waals surface area (Å²) in [5, 5.41) is 6.09. The molecule has 3 nitrogen and oxygen atoms in total. The normalized spacial score (nSPS) is 12.9. The topological polar surface area (TPSA) is 34.9 Å². The molecule has 3 aromatic heterocycles. The maximum atomic E-state index is 12.7. The Morgan fingerprint density at radius 3 is 2.90 bits per heavy atom. The predicted octanol–water partition coefficient (Wildman–Crippen LogP) is 4.61. The van der Waals surface area contributed by atoms with Crippen LogP contribution in [0.15, 0.2) is 32.8 Å². The second kappa shape index (κ2) is 5.94. The van der Waals surface area contributed by atoms with Gasteiger partial charge in [-0.2, -0.15) is 0 Å². The van der Waals surface area contributed by atoms with E-state index in [1.165, 1.54) is 0 Å². The lowest BCUT2D eigenvalue weighted by Gasteiger charge is -2.11. The third-order valence-electron chi connectivity index (χ3n) is 3.44. The first-order chi connectivity index (χ1) is 10.1. The van der Waals surface area contributed by atoms with Crippen LogP contribution in [0.5, 0.6) is 0 Å². The molecule has 0 aliphatic carbocycles. The van der Waals surface area contributed by atoms with Gasteiger partial charge in [0, 0.05) is 28.1 Å². The highest BCUT2D eigenvalue weighted by molar-refractivity contribution is 7.99. The molecule has 6 heteroatoms. The van der Waals surface area contributed by atoms with Gasteiger partial charge in [0.2, 0.25) is 0 Å². The van der Waals surface area contributed by atoms with Gasteiger partial charge in [-0.15, -0.1) is 22.7 Å². The Bertz CT molecular complexity index is 817. The van der Waals surface area contributed by atoms with Gasteiger partial charge in [0.1, 0.15) is 4.83 Å². The molecule has 0 aromatic carbocycles. The van der Waals surface area contributed by atoms with Gasteiger partial charge in [-0.05, 0) is 17.9 Å². The van der Waals surface area contributed by atoms with Crippen molar-refractivity contribution in [2.24, 2.45) is 7.05 Å². The van der Waals surface area contributed by atoms with Crippen molar-refractivity contribution in [3.8, 4) is 10.4 Å². The quantitative estimate of drug-likeness (QED) is 0.515. The predicted molar refractivity (Wildman–Crippen MR) is 93.8 cm³/mol. The van der Waals surface area contributed by atoms with Crippen molar-refractivity contribution >= 4 is 44.7 Å². The molecule has 0 fully saturated rings. The van der Waals surface area contributed by atoms with E-state index in [1.807, 2.05) is 29.9 Å². The van der Waals surface area contributed by atoms with E-state index in [1.54, 1.807) is 39.0 Å². The number of hydrogen-bond donors (Lipinski definition) is 0. The summed E-state index contributed by atoms with van der Waals surface area (Å²) in [5.74, 6) is 0. The first kappa shape index (κ1) is 14.8. The molecule has 21 heavy (non-hydrogen) atoms. The minimum absolute atomic E-state index is 0.0513. The Labute approximate surface area is 135 Å². The monoisotopic (exact) mass is 336 g/mol. The third-order valence-corrected chi connectivity index (χ3v) is 6.53. The van der Waals surface area contributed by atoms with E-state index in [9.17, 15) is 4.79 Å². The van der Waals surface area contributed by atoms with Crippen LogP contribution in [0.4, 0.5) is 0 Å². The summed E-state index contributed by atoms with van der Waals surface area (Å²) in [4.78, 5) is 19.4. The number of thiophene rings is 2. The maximum Gasteiger partial charge on any atom is 0.263 e. The van der Waals surface area contributed by atoms with Gasteiger partial charge in [0.25, 0.3) is 5.56 Å². The molecule has 0 N–H and O–H groups in total. The molecule has 0 aliphatic heterocycles. The summed E-state index contributed by atoms with van der Waals surface area (Å²) in [6.45, 7) is 4.31. The minimum atomic E-state index is 0.0513. The van der Waals surface area contributed by atoms with Crippen LogP contribution in [0.3, 0.4) is 0 Å². The van der Waals surface area contributed by atoms with E-state index in [2.05, 4.69) is 13.8 Å². The van der Waals surface area contributed by atoms with Crippen molar-refractivity contribution in [2.45, 2.75) is 30.7 Å². The molecule has 0 aliphatic rings. The molecule has 110 valence electrons. The lowest BCUT2D eigenvalue weighted by molar-refractivity contribution is 0.723. The van der Waals surface area contributed by atoms with E-state index in [4.69, 9.17) is 4.98 Å². The van der Waals surface area contributed by atoms with Crippen LogP contribution in [-0.2, 0) is 7.05 Å². The third kappa shape index (κ3) is 2.67. The van der Waals surface area contributed by atoms with Crippen molar-refractivity contribution < 1.29 is 0 Å². The molecule has 0 radical (unpaired) electrons. The lowest BCUT2D eigenvalue weighted by atomic mass is 10.2. The Kier molecular flexibility index (Phi) is 4.19. The average Bonchev–Trinajstić information content (AvgIpc) is 3.12. The fraction of sp³-hybridized carbons (Fsp3) is 0.333. The fourth-order valence-corrected chi connectivity index (χ4v) is 4.76.